The van der Waals surface area contributed by atoms with Gasteiger partial charge in [0.15, 0.2) is 0 Å². The van der Waals surface area contributed by atoms with Gasteiger partial charge in [-0.3, -0.25) is 4.90 Å². The zero-order valence-corrected chi connectivity index (χ0v) is 19.0. The number of aliphatic imine (C=N–C) groups is 1. The summed E-state index contributed by atoms with van der Waals surface area (Å²) in [6.45, 7) is 8.80. The van der Waals surface area contributed by atoms with Crippen molar-refractivity contribution >= 4 is 28.4 Å². The Kier molecular flexibility index (Phi) is 6.35. The van der Waals surface area contributed by atoms with Gasteiger partial charge in [0.05, 0.1) is 17.8 Å². The van der Waals surface area contributed by atoms with Gasteiger partial charge in [-0.1, -0.05) is 30.3 Å². The number of aromatic amines is 1. The second kappa shape index (κ2) is 9.16. The van der Waals surface area contributed by atoms with Crippen molar-refractivity contribution in [1.82, 2.24) is 15.2 Å². The highest BCUT2D eigenvalue weighted by molar-refractivity contribution is 6.31. The minimum atomic E-state index is 0.0236. The molecule has 31 heavy (non-hydrogen) atoms. The number of rotatable bonds is 5. The van der Waals surface area contributed by atoms with Gasteiger partial charge in [0.25, 0.3) is 0 Å². The van der Waals surface area contributed by atoms with Crippen molar-refractivity contribution in [2.45, 2.75) is 38.8 Å². The maximum atomic E-state index is 6.25. The van der Waals surface area contributed by atoms with Gasteiger partial charge in [-0.25, -0.2) is 4.99 Å². The second-order valence-electron chi connectivity index (χ2n) is 8.12. The lowest BCUT2D eigenvalue weighted by Gasteiger charge is -2.32. The minimum absolute atomic E-state index is 0.0236. The minimum Gasteiger partial charge on any atom is -0.441 e. The van der Waals surface area contributed by atoms with Crippen LogP contribution in [-0.4, -0.2) is 35.4 Å². The summed E-state index contributed by atoms with van der Waals surface area (Å²) in [7, 11) is 2.18. The summed E-state index contributed by atoms with van der Waals surface area (Å²) in [5.41, 5.74) is 4.70. The highest BCUT2D eigenvalue weighted by Gasteiger charge is 2.27. The molecule has 2 aliphatic heterocycles. The third-order valence-electron chi connectivity index (χ3n) is 5.83. The van der Waals surface area contributed by atoms with Crippen molar-refractivity contribution in [1.29, 1.82) is 0 Å². The van der Waals surface area contributed by atoms with Crippen LogP contribution in [0.1, 0.15) is 37.6 Å². The van der Waals surface area contributed by atoms with Crippen LogP contribution in [0, 0.1) is 0 Å². The van der Waals surface area contributed by atoms with E-state index in [2.05, 4.69) is 52.0 Å². The van der Waals surface area contributed by atoms with Gasteiger partial charge in [0.1, 0.15) is 5.76 Å². The largest absolute Gasteiger partial charge is 0.441 e. The maximum Gasteiger partial charge on any atom is 0.217 e. The zero-order valence-electron chi connectivity index (χ0n) is 18.3. The Morgan fingerprint density at radius 3 is 3.06 bits per heavy atom. The summed E-state index contributed by atoms with van der Waals surface area (Å²) >= 11 is 6.25. The first-order chi connectivity index (χ1) is 15.0. The highest BCUT2D eigenvalue weighted by Crippen LogP contribution is 2.36. The van der Waals surface area contributed by atoms with Crippen LogP contribution < -0.4 is 5.32 Å². The molecule has 2 atom stereocenters. The molecule has 5 nitrogen and oxygen atoms in total. The van der Waals surface area contributed by atoms with Crippen molar-refractivity contribution in [3.8, 4) is 0 Å². The molecular formula is C25H29ClN4O. The van der Waals surface area contributed by atoms with Gasteiger partial charge in [-0.15, -0.1) is 0 Å². The molecular weight excluding hydrogens is 408 g/mol. The van der Waals surface area contributed by atoms with E-state index in [0.29, 0.717) is 5.90 Å². The molecule has 0 radical (unpaired) electrons. The first kappa shape index (κ1) is 21.5. The summed E-state index contributed by atoms with van der Waals surface area (Å²) < 4.78 is 6.08. The SMILES string of the molecule is C=C/C=C(\C=C/CC1c2[nH]c3ccc(Cl)cc3c2CCN1C)OC1=NC(C)=CNC1C. The second-order valence-corrected chi connectivity index (χ2v) is 8.56. The number of aromatic nitrogens is 1. The molecule has 0 fully saturated rings. The Morgan fingerprint density at radius 2 is 2.26 bits per heavy atom. The van der Waals surface area contributed by atoms with Crippen LogP contribution in [0.3, 0.4) is 0 Å². The monoisotopic (exact) mass is 436 g/mol. The normalized spacial score (nSPS) is 22.1. The number of halogens is 1. The van der Waals surface area contributed by atoms with Crippen LogP contribution in [-0.2, 0) is 11.2 Å². The van der Waals surface area contributed by atoms with Crippen molar-refractivity contribution in [3.63, 3.8) is 0 Å². The van der Waals surface area contributed by atoms with Gasteiger partial charge in [-0.05, 0) is 69.7 Å². The van der Waals surface area contributed by atoms with Crippen molar-refractivity contribution in [2.75, 3.05) is 13.6 Å². The van der Waals surface area contributed by atoms with Crippen LogP contribution in [0.15, 0.2) is 71.7 Å². The molecule has 6 heteroatoms. The quantitative estimate of drug-likeness (QED) is 0.471. The summed E-state index contributed by atoms with van der Waals surface area (Å²) in [6, 6.07) is 6.37. The number of benzene rings is 1. The van der Waals surface area contributed by atoms with Gasteiger partial charge in [-0.2, -0.15) is 0 Å². The lowest BCUT2D eigenvalue weighted by molar-refractivity contribution is 0.229. The van der Waals surface area contributed by atoms with E-state index in [0.717, 1.165) is 41.4 Å². The number of nitrogens with one attached hydrogen (secondary N) is 2. The molecule has 0 spiro atoms. The summed E-state index contributed by atoms with van der Waals surface area (Å²) in [6.07, 6.45) is 11.5. The molecule has 162 valence electrons. The van der Waals surface area contributed by atoms with Crippen LogP contribution >= 0.6 is 11.6 Å². The molecule has 2 aromatic rings. The van der Waals surface area contributed by atoms with Gasteiger partial charge in [0, 0.05) is 34.4 Å². The van der Waals surface area contributed by atoms with Crippen LogP contribution in [0.4, 0.5) is 0 Å². The van der Waals surface area contributed by atoms with Crippen LogP contribution in [0.5, 0.6) is 0 Å². The lowest BCUT2D eigenvalue weighted by atomic mass is 9.95. The average Bonchev–Trinajstić information content (AvgIpc) is 3.10. The predicted molar refractivity (Wildman–Crippen MR) is 129 cm³/mol. The molecule has 4 rings (SSSR count). The predicted octanol–water partition coefficient (Wildman–Crippen LogP) is 5.63. The molecule has 3 heterocycles. The molecule has 2 unspecified atom stereocenters. The fraction of sp³-hybridized carbons (Fsp3) is 0.320. The van der Waals surface area contributed by atoms with E-state index >= 15 is 0 Å². The summed E-state index contributed by atoms with van der Waals surface area (Å²) in [5.74, 6) is 1.38. The molecule has 0 amide bonds. The Balaban J connectivity index is 1.53. The smallest absolute Gasteiger partial charge is 0.217 e. The molecule has 0 saturated carbocycles. The Labute approximate surface area is 188 Å². The zero-order chi connectivity index (χ0) is 22.0. The standard InChI is InChI=1S/C25H29ClN4O/c1-5-7-19(31-25-17(3)27-15-16(2)28-25)8-6-9-23-24-20(12-13-30(23)4)21-14-18(26)10-11-22(21)29-24/h5-8,10-11,14-15,17,23,27,29H,1,9,12-13H2,2-4H3/b8-6-,19-7+. The third kappa shape index (κ3) is 4.63. The Hall–Kier alpha value is -2.76. The fourth-order valence-corrected chi connectivity index (χ4v) is 4.33. The lowest BCUT2D eigenvalue weighted by Crippen LogP contribution is -2.34. The number of ether oxygens (including phenoxy) is 1. The number of hydrogen-bond acceptors (Lipinski definition) is 4. The van der Waals surface area contributed by atoms with E-state index in [4.69, 9.17) is 16.3 Å². The molecule has 2 aliphatic rings. The fourth-order valence-electron chi connectivity index (χ4n) is 4.16. The highest BCUT2D eigenvalue weighted by atomic mass is 35.5. The number of allylic oxidation sites excluding steroid dienone is 4. The number of H-pyrrole nitrogens is 1. The molecule has 1 aromatic heterocycles. The van der Waals surface area contributed by atoms with Gasteiger partial charge >= 0.3 is 0 Å². The molecule has 2 N–H and O–H groups in total. The average molecular weight is 437 g/mol. The van der Waals surface area contributed by atoms with E-state index in [1.165, 1.54) is 16.6 Å². The first-order valence-electron chi connectivity index (χ1n) is 10.6. The molecule has 0 aliphatic carbocycles. The van der Waals surface area contributed by atoms with Crippen molar-refractivity contribution < 1.29 is 4.74 Å². The third-order valence-corrected chi connectivity index (χ3v) is 6.06. The Bertz CT molecular complexity index is 1110. The van der Waals surface area contributed by atoms with E-state index in [-0.39, 0.29) is 12.1 Å². The molecule has 1 aromatic carbocycles. The van der Waals surface area contributed by atoms with E-state index < -0.39 is 0 Å². The van der Waals surface area contributed by atoms with Crippen molar-refractivity contribution in [2.24, 2.45) is 4.99 Å². The van der Waals surface area contributed by atoms with Crippen molar-refractivity contribution in [3.05, 3.63) is 83.0 Å². The Morgan fingerprint density at radius 1 is 1.42 bits per heavy atom. The number of likely N-dealkylation sites (N-methyl/N-ethyl adjacent to an activating group) is 1. The van der Waals surface area contributed by atoms with E-state index in [1.54, 1.807) is 6.08 Å². The topological polar surface area (TPSA) is 52.7 Å². The van der Waals surface area contributed by atoms with E-state index in [1.807, 2.05) is 38.3 Å². The summed E-state index contributed by atoms with van der Waals surface area (Å²) in [5, 5.41) is 5.27. The first-order valence-corrected chi connectivity index (χ1v) is 11.0. The van der Waals surface area contributed by atoms with E-state index in [9.17, 15) is 0 Å². The van der Waals surface area contributed by atoms with Gasteiger partial charge in [0.2, 0.25) is 5.90 Å². The van der Waals surface area contributed by atoms with Crippen LogP contribution in [0.2, 0.25) is 5.02 Å². The number of nitrogens with zero attached hydrogens (tertiary/aromatic N) is 2. The number of hydrogen-bond donors (Lipinski definition) is 2. The molecule has 0 saturated heterocycles. The number of fused-ring (bicyclic) bond motifs is 3. The summed E-state index contributed by atoms with van der Waals surface area (Å²) in [4.78, 5) is 10.5. The molecule has 0 bridgehead atoms. The maximum absolute atomic E-state index is 6.25. The van der Waals surface area contributed by atoms with Gasteiger partial charge < -0.3 is 15.0 Å². The van der Waals surface area contributed by atoms with Crippen LogP contribution in [0.25, 0.3) is 10.9 Å².